The number of hydrogen-bond acceptors (Lipinski definition) is 6. The van der Waals surface area contributed by atoms with Crippen molar-refractivity contribution < 1.29 is 37.3 Å². The molecule has 0 aliphatic carbocycles. The van der Waals surface area contributed by atoms with E-state index in [2.05, 4.69) is 17.2 Å². The second-order valence-electron chi connectivity index (χ2n) is 11.3. The summed E-state index contributed by atoms with van der Waals surface area (Å²) in [5, 5.41) is 13.6. The summed E-state index contributed by atoms with van der Waals surface area (Å²) in [5.74, 6) is -1.96. The summed E-state index contributed by atoms with van der Waals surface area (Å²) in [6.07, 6.45) is -1.27. The first kappa shape index (κ1) is 35.6. The highest BCUT2D eigenvalue weighted by Crippen LogP contribution is 2.36. The molecule has 2 heterocycles. The molecule has 4 aromatic rings. The molecule has 1 unspecified atom stereocenters. The van der Waals surface area contributed by atoms with Crippen molar-refractivity contribution in [2.24, 2.45) is 0 Å². The predicted molar refractivity (Wildman–Crippen MR) is 182 cm³/mol. The lowest BCUT2D eigenvalue weighted by atomic mass is 10.00. The highest BCUT2D eigenvalue weighted by atomic mass is 35.5. The normalized spacial score (nSPS) is 13.6. The lowest BCUT2D eigenvalue weighted by Crippen LogP contribution is -2.42. The van der Waals surface area contributed by atoms with E-state index in [-0.39, 0.29) is 34.8 Å². The van der Waals surface area contributed by atoms with Crippen molar-refractivity contribution in [3.8, 4) is 16.9 Å². The van der Waals surface area contributed by atoms with E-state index in [1.807, 2.05) is 12.1 Å². The molecule has 1 aliphatic rings. The van der Waals surface area contributed by atoms with Crippen molar-refractivity contribution in [3.05, 3.63) is 112 Å². The molecule has 12 heteroatoms. The van der Waals surface area contributed by atoms with Crippen molar-refractivity contribution in [2.75, 3.05) is 36.6 Å². The summed E-state index contributed by atoms with van der Waals surface area (Å²) in [6, 6.07) is 21.6. The lowest BCUT2D eigenvalue weighted by molar-refractivity contribution is -0.170. The van der Waals surface area contributed by atoms with E-state index >= 15 is 0 Å². The van der Waals surface area contributed by atoms with Gasteiger partial charge in [0.15, 0.2) is 0 Å². The number of unbranched alkanes of at least 4 members (excludes halogenated alkanes) is 1. The second kappa shape index (κ2) is 16.1. The van der Waals surface area contributed by atoms with Gasteiger partial charge in [-0.3, -0.25) is 14.6 Å². The van der Waals surface area contributed by atoms with Crippen molar-refractivity contribution in [1.29, 1.82) is 0 Å². The van der Waals surface area contributed by atoms with Crippen LogP contribution >= 0.6 is 11.6 Å². The summed E-state index contributed by atoms with van der Waals surface area (Å²) >= 11 is 6.45. The molecule has 0 spiro atoms. The van der Waals surface area contributed by atoms with Crippen molar-refractivity contribution in [1.82, 2.24) is 4.98 Å². The Labute approximate surface area is 287 Å². The van der Waals surface area contributed by atoms with E-state index in [1.165, 1.54) is 18.2 Å². The van der Waals surface area contributed by atoms with Gasteiger partial charge in [0.25, 0.3) is 5.91 Å². The molecule has 2 amide bonds. The standard InChI is InChI=1S/C37H35ClF3N3O5/c1-2-3-18-48-19-20-49-29-11-7-24(8-12-29)25-9-14-33-27(21-25)22-26(15-17-44(33)36(47)37(39,40)41)35(46)43-28-10-13-30(31(38)23-28)34(45)32-6-4-5-16-42-32/h4-14,16,21-23,34,45H,2-3,15,17-20H2,1H3,(H,43,46). The van der Waals surface area contributed by atoms with E-state index < -0.39 is 24.1 Å². The van der Waals surface area contributed by atoms with E-state index in [9.17, 15) is 27.9 Å². The summed E-state index contributed by atoms with van der Waals surface area (Å²) in [4.78, 5) is 30.8. The van der Waals surface area contributed by atoms with Gasteiger partial charge in [-0.15, -0.1) is 0 Å². The van der Waals surface area contributed by atoms with Gasteiger partial charge in [-0.05, 0) is 84.1 Å². The highest BCUT2D eigenvalue weighted by Gasteiger charge is 2.44. The molecule has 1 aliphatic heterocycles. The highest BCUT2D eigenvalue weighted by molar-refractivity contribution is 6.31. The molecule has 49 heavy (non-hydrogen) atoms. The van der Waals surface area contributed by atoms with Crippen LogP contribution in [0, 0.1) is 0 Å². The number of alkyl halides is 3. The number of nitrogens with one attached hydrogen (secondary N) is 1. The Balaban J connectivity index is 1.37. The van der Waals surface area contributed by atoms with Crippen molar-refractivity contribution >= 4 is 40.9 Å². The minimum Gasteiger partial charge on any atom is -0.491 e. The molecule has 1 aromatic heterocycles. The van der Waals surface area contributed by atoms with Gasteiger partial charge in [-0.1, -0.05) is 55.3 Å². The molecule has 2 N–H and O–H groups in total. The van der Waals surface area contributed by atoms with Crippen molar-refractivity contribution in [3.63, 3.8) is 0 Å². The van der Waals surface area contributed by atoms with Gasteiger partial charge in [-0.25, -0.2) is 0 Å². The van der Waals surface area contributed by atoms with Gasteiger partial charge < -0.3 is 24.8 Å². The van der Waals surface area contributed by atoms with Crippen LogP contribution in [0.5, 0.6) is 5.75 Å². The third kappa shape index (κ3) is 9.05. The van der Waals surface area contributed by atoms with Gasteiger partial charge in [0.2, 0.25) is 0 Å². The van der Waals surface area contributed by atoms with Crippen LogP contribution in [0.1, 0.15) is 49.1 Å². The average molecular weight is 694 g/mol. The number of rotatable bonds is 12. The number of pyridine rings is 1. The van der Waals surface area contributed by atoms with Crippen LogP contribution in [-0.4, -0.2) is 54.4 Å². The molecule has 0 radical (unpaired) electrons. The minimum atomic E-state index is -5.11. The van der Waals surface area contributed by atoms with E-state index in [1.54, 1.807) is 60.8 Å². The van der Waals surface area contributed by atoms with Gasteiger partial charge >= 0.3 is 12.1 Å². The number of halogens is 4. The number of aromatic nitrogens is 1. The summed E-state index contributed by atoms with van der Waals surface area (Å²) < 4.78 is 52.2. The Bertz CT molecular complexity index is 1800. The first-order valence-corrected chi connectivity index (χ1v) is 16.2. The fourth-order valence-electron chi connectivity index (χ4n) is 5.30. The fourth-order valence-corrected chi connectivity index (χ4v) is 5.58. The maximum Gasteiger partial charge on any atom is 0.471 e. The monoisotopic (exact) mass is 693 g/mol. The number of anilines is 2. The Morgan fingerprint density at radius 2 is 1.78 bits per heavy atom. The van der Waals surface area contributed by atoms with Gasteiger partial charge in [-0.2, -0.15) is 13.2 Å². The Morgan fingerprint density at radius 1 is 1.00 bits per heavy atom. The second-order valence-corrected chi connectivity index (χ2v) is 11.7. The molecular formula is C37H35ClF3N3O5. The average Bonchev–Trinajstić information content (AvgIpc) is 3.29. The van der Waals surface area contributed by atoms with Gasteiger partial charge in [0.1, 0.15) is 18.5 Å². The Hall–Kier alpha value is -4.71. The Kier molecular flexibility index (Phi) is 11.7. The number of benzene rings is 3. The molecular weight excluding hydrogens is 659 g/mol. The molecule has 0 saturated carbocycles. The molecule has 8 nitrogen and oxygen atoms in total. The lowest BCUT2D eigenvalue weighted by Gasteiger charge is -2.24. The number of ether oxygens (including phenoxy) is 2. The van der Waals surface area contributed by atoms with E-state index in [4.69, 9.17) is 21.1 Å². The minimum absolute atomic E-state index is 0.0350. The first-order chi connectivity index (χ1) is 23.5. The maximum atomic E-state index is 13.6. The topological polar surface area (TPSA) is 101 Å². The number of amides is 2. The van der Waals surface area contributed by atoms with E-state index in [0.717, 1.165) is 18.4 Å². The third-order valence-electron chi connectivity index (χ3n) is 7.88. The number of nitrogens with zero attached hydrogens (tertiary/aromatic N) is 2. The van der Waals surface area contributed by atoms with Gasteiger partial charge in [0, 0.05) is 41.2 Å². The zero-order valence-electron chi connectivity index (χ0n) is 26.7. The molecule has 256 valence electrons. The fraction of sp³-hybridized carbons (Fsp3) is 0.270. The first-order valence-electron chi connectivity index (χ1n) is 15.8. The summed E-state index contributed by atoms with van der Waals surface area (Å²) in [6.45, 7) is 3.26. The van der Waals surface area contributed by atoms with Crippen LogP contribution in [-0.2, 0) is 14.3 Å². The predicted octanol–water partition coefficient (Wildman–Crippen LogP) is 8.00. The third-order valence-corrected chi connectivity index (χ3v) is 8.21. The summed E-state index contributed by atoms with van der Waals surface area (Å²) in [7, 11) is 0. The number of carbonyl (C=O) groups excluding carboxylic acids is 2. The number of aliphatic hydroxyl groups excluding tert-OH is 1. The van der Waals surface area contributed by atoms with Crippen LogP contribution < -0.4 is 15.0 Å². The zero-order valence-corrected chi connectivity index (χ0v) is 27.4. The van der Waals surface area contributed by atoms with Crippen LogP contribution in [0.25, 0.3) is 17.2 Å². The maximum absolute atomic E-state index is 13.6. The van der Waals surface area contributed by atoms with Crippen molar-refractivity contribution in [2.45, 2.75) is 38.5 Å². The number of fused-ring (bicyclic) bond motifs is 1. The van der Waals surface area contributed by atoms with Crippen LogP contribution in [0.3, 0.4) is 0 Å². The SMILES string of the molecule is CCCCOCCOc1ccc(-c2ccc3c(c2)C=C(C(=O)Nc2ccc(C(O)c4ccccn4)c(Cl)c2)CCN3C(=O)C(F)(F)F)cc1. The molecule has 0 saturated heterocycles. The van der Waals surface area contributed by atoms with Crippen LogP contribution in [0.4, 0.5) is 24.5 Å². The quantitative estimate of drug-likeness (QED) is 0.146. The summed E-state index contributed by atoms with van der Waals surface area (Å²) in [5.41, 5.74) is 2.98. The molecule has 5 rings (SSSR count). The van der Waals surface area contributed by atoms with Gasteiger partial charge in [0.05, 0.1) is 18.0 Å². The molecule has 3 aromatic carbocycles. The smallest absolute Gasteiger partial charge is 0.471 e. The van der Waals surface area contributed by atoms with E-state index in [0.29, 0.717) is 53.0 Å². The zero-order chi connectivity index (χ0) is 35.0. The molecule has 0 fully saturated rings. The number of hydrogen-bond donors (Lipinski definition) is 2. The Morgan fingerprint density at radius 3 is 2.47 bits per heavy atom. The molecule has 1 atom stereocenters. The largest absolute Gasteiger partial charge is 0.491 e. The molecule has 0 bridgehead atoms. The van der Waals surface area contributed by atoms with Crippen LogP contribution in [0.2, 0.25) is 5.02 Å². The van der Waals surface area contributed by atoms with Crippen LogP contribution in [0.15, 0.2) is 90.6 Å². The number of carbonyl (C=O) groups is 2. The number of aliphatic hydroxyl groups is 1.